The van der Waals surface area contributed by atoms with Gasteiger partial charge < -0.3 is 10.1 Å². The molecule has 0 saturated heterocycles. The van der Waals surface area contributed by atoms with E-state index in [0.29, 0.717) is 5.75 Å². The van der Waals surface area contributed by atoms with Crippen LogP contribution in [0.3, 0.4) is 0 Å². The van der Waals surface area contributed by atoms with Crippen LogP contribution < -0.4 is 14.8 Å². The summed E-state index contributed by atoms with van der Waals surface area (Å²) in [6.07, 6.45) is 3.49. The van der Waals surface area contributed by atoms with Crippen LogP contribution >= 0.6 is 0 Å². The van der Waals surface area contributed by atoms with Crippen LogP contribution in [0, 0.1) is 0 Å². The summed E-state index contributed by atoms with van der Waals surface area (Å²) in [6, 6.07) is 17.9. The van der Waals surface area contributed by atoms with Gasteiger partial charge in [0.25, 0.3) is 0 Å². The highest BCUT2D eigenvalue weighted by Gasteiger charge is 2.26. The summed E-state index contributed by atoms with van der Waals surface area (Å²) in [4.78, 5) is 16.9. The maximum Gasteiger partial charge on any atom is 0.241 e. The fraction of sp³-hybridized carbons (Fsp3) is 0.182. The van der Waals surface area contributed by atoms with Crippen molar-refractivity contribution in [3.05, 3.63) is 90.3 Å². The van der Waals surface area contributed by atoms with Gasteiger partial charge in [0, 0.05) is 18.9 Å². The summed E-state index contributed by atoms with van der Waals surface area (Å²) < 4.78 is 33.4. The second-order valence-electron chi connectivity index (χ2n) is 6.61. The molecule has 156 valence electrons. The molecule has 1 amide bonds. The molecular weight excluding hydrogens is 402 g/mol. The number of pyridine rings is 1. The highest BCUT2D eigenvalue weighted by Crippen LogP contribution is 2.16. The summed E-state index contributed by atoms with van der Waals surface area (Å²) in [5, 5.41) is 2.80. The number of sulfonamides is 1. The molecule has 2 N–H and O–H groups in total. The first-order valence-electron chi connectivity index (χ1n) is 9.35. The lowest BCUT2D eigenvalue weighted by atomic mass is 10.1. The second kappa shape index (κ2) is 10.00. The van der Waals surface area contributed by atoms with Gasteiger partial charge in [-0.1, -0.05) is 30.3 Å². The number of rotatable bonds is 9. The van der Waals surface area contributed by atoms with Crippen LogP contribution in [-0.4, -0.2) is 32.5 Å². The van der Waals surface area contributed by atoms with Crippen molar-refractivity contribution in [3.8, 4) is 5.75 Å². The molecule has 0 aliphatic carbocycles. The number of benzene rings is 2. The van der Waals surface area contributed by atoms with E-state index >= 15 is 0 Å². The molecular formula is C22H23N3O4S. The minimum absolute atomic E-state index is 0.0586. The molecule has 0 radical (unpaired) electrons. The van der Waals surface area contributed by atoms with Crippen molar-refractivity contribution in [2.24, 2.45) is 0 Å². The van der Waals surface area contributed by atoms with E-state index in [1.165, 1.54) is 19.2 Å². The summed E-state index contributed by atoms with van der Waals surface area (Å²) >= 11 is 0. The fourth-order valence-corrected chi connectivity index (χ4v) is 4.06. The number of carbonyl (C=O) groups is 1. The van der Waals surface area contributed by atoms with Gasteiger partial charge in [0.15, 0.2) is 0 Å². The van der Waals surface area contributed by atoms with E-state index in [2.05, 4.69) is 15.0 Å². The van der Waals surface area contributed by atoms with Gasteiger partial charge in [0.05, 0.1) is 12.0 Å². The number of nitrogens with zero attached hydrogens (tertiary/aromatic N) is 1. The average molecular weight is 426 g/mol. The van der Waals surface area contributed by atoms with Crippen LogP contribution in [0.15, 0.2) is 84.0 Å². The lowest BCUT2D eigenvalue weighted by Crippen LogP contribution is -2.47. The number of ether oxygens (including phenoxy) is 1. The zero-order valence-corrected chi connectivity index (χ0v) is 17.3. The minimum Gasteiger partial charge on any atom is -0.497 e. The number of hydrogen-bond acceptors (Lipinski definition) is 5. The standard InChI is InChI=1S/C22H23N3O4S/c1-29-19-7-9-20(10-8-19)30(27,28)25-21(15-17-5-3-2-4-6-17)22(26)24-16-18-11-13-23-14-12-18/h2-14,21,25H,15-16H2,1H3,(H,24,26). The summed E-state index contributed by atoms with van der Waals surface area (Å²) in [5.41, 5.74) is 1.72. The predicted molar refractivity (Wildman–Crippen MR) is 113 cm³/mol. The van der Waals surface area contributed by atoms with Crippen molar-refractivity contribution in [1.82, 2.24) is 15.0 Å². The fourth-order valence-electron chi connectivity index (χ4n) is 2.86. The van der Waals surface area contributed by atoms with Gasteiger partial charge in [-0.3, -0.25) is 9.78 Å². The molecule has 0 spiro atoms. The van der Waals surface area contributed by atoms with Crippen LogP contribution in [0.1, 0.15) is 11.1 Å². The molecule has 8 heteroatoms. The Morgan fingerprint density at radius 1 is 0.967 bits per heavy atom. The molecule has 0 aliphatic rings. The van der Waals surface area contributed by atoms with Crippen LogP contribution in [0.2, 0.25) is 0 Å². The predicted octanol–water partition coefficient (Wildman–Crippen LogP) is 2.30. The first-order valence-corrected chi connectivity index (χ1v) is 10.8. The molecule has 2 aromatic carbocycles. The van der Waals surface area contributed by atoms with Gasteiger partial charge in [-0.25, -0.2) is 8.42 Å². The number of hydrogen-bond donors (Lipinski definition) is 2. The van der Waals surface area contributed by atoms with E-state index in [1.807, 2.05) is 30.3 Å². The van der Waals surface area contributed by atoms with E-state index in [1.54, 1.807) is 36.7 Å². The maximum atomic E-state index is 12.9. The Morgan fingerprint density at radius 2 is 1.63 bits per heavy atom. The molecule has 30 heavy (non-hydrogen) atoms. The number of nitrogens with one attached hydrogen (secondary N) is 2. The zero-order valence-electron chi connectivity index (χ0n) is 16.5. The van der Waals surface area contributed by atoms with Crippen molar-refractivity contribution in [2.75, 3.05) is 7.11 Å². The SMILES string of the molecule is COc1ccc(S(=O)(=O)NC(Cc2ccccc2)C(=O)NCc2ccncc2)cc1. The van der Waals surface area contributed by atoms with Crippen LogP contribution in [0.25, 0.3) is 0 Å². The van der Waals surface area contributed by atoms with Crippen LogP contribution in [0.4, 0.5) is 0 Å². The van der Waals surface area contributed by atoms with Crippen molar-refractivity contribution in [2.45, 2.75) is 23.9 Å². The molecule has 0 bridgehead atoms. The Hall–Kier alpha value is -3.23. The van der Waals surface area contributed by atoms with Gasteiger partial charge in [-0.05, 0) is 53.9 Å². The summed E-state index contributed by atoms with van der Waals surface area (Å²) in [6.45, 7) is 0.275. The third-order valence-corrected chi connectivity index (χ3v) is 5.97. The van der Waals surface area contributed by atoms with Crippen LogP contribution in [0.5, 0.6) is 5.75 Å². The van der Waals surface area contributed by atoms with E-state index in [-0.39, 0.29) is 17.9 Å². The molecule has 3 aromatic rings. The van der Waals surface area contributed by atoms with Gasteiger partial charge in [-0.15, -0.1) is 0 Å². The van der Waals surface area contributed by atoms with E-state index in [0.717, 1.165) is 11.1 Å². The molecule has 1 atom stereocenters. The van der Waals surface area contributed by atoms with Gasteiger partial charge in [-0.2, -0.15) is 4.72 Å². The summed E-state index contributed by atoms with van der Waals surface area (Å²) in [7, 11) is -2.40. The smallest absolute Gasteiger partial charge is 0.241 e. The molecule has 0 saturated carbocycles. The monoisotopic (exact) mass is 425 g/mol. The minimum atomic E-state index is -3.91. The number of aromatic nitrogens is 1. The van der Waals surface area contributed by atoms with Crippen molar-refractivity contribution in [3.63, 3.8) is 0 Å². The van der Waals surface area contributed by atoms with E-state index < -0.39 is 22.0 Å². The Balaban J connectivity index is 1.78. The Labute approximate surface area is 176 Å². The van der Waals surface area contributed by atoms with Crippen LogP contribution in [-0.2, 0) is 27.8 Å². The number of methoxy groups -OCH3 is 1. The number of amides is 1. The quantitative estimate of drug-likeness (QED) is 0.548. The van der Waals surface area contributed by atoms with Crippen molar-refractivity contribution < 1.29 is 17.9 Å². The van der Waals surface area contributed by atoms with E-state index in [4.69, 9.17) is 4.74 Å². The maximum absolute atomic E-state index is 12.9. The second-order valence-corrected chi connectivity index (χ2v) is 8.33. The van der Waals surface area contributed by atoms with Gasteiger partial charge >= 0.3 is 0 Å². The lowest BCUT2D eigenvalue weighted by Gasteiger charge is -2.19. The van der Waals surface area contributed by atoms with Crippen molar-refractivity contribution >= 4 is 15.9 Å². The molecule has 1 heterocycles. The molecule has 1 unspecified atom stereocenters. The van der Waals surface area contributed by atoms with Crippen molar-refractivity contribution in [1.29, 1.82) is 0 Å². The largest absolute Gasteiger partial charge is 0.497 e. The number of carbonyl (C=O) groups excluding carboxylic acids is 1. The third-order valence-electron chi connectivity index (χ3n) is 4.48. The molecule has 7 nitrogen and oxygen atoms in total. The Kier molecular flexibility index (Phi) is 7.16. The highest BCUT2D eigenvalue weighted by atomic mass is 32.2. The van der Waals surface area contributed by atoms with E-state index in [9.17, 15) is 13.2 Å². The molecule has 3 rings (SSSR count). The van der Waals surface area contributed by atoms with Gasteiger partial charge in [0.2, 0.25) is 15.9 Å². The Bertz CT molecular complexity index is 1060. The first-order chi connectivity index (χ1) is 14.5. The zero-order chi connectivity index (χ0) is 21.4. The molecule has 1 aromatic heterocycles. The lowest BCUT2D eigenvalue weighted by molar-refractivity contribution is -0.122. The summed E-state index contributed by atoms with van der Waals surface area (Å²) in [5.74, 6) is 0.137. The average Bonchev–Trinajstić information content (AvgIpc) is 2.78. The Morgan fingerprint density at radius 3 is 2.27 bits per heavy atom. The highest BCUT2D eigenvalue weighted by molar-refractivity contribution is 7.89. The first kappa shape index (κ1) is 21.5. The molecule has 0 aliphatic heterocycles. The normalized spacial score (nSPS) is 12.2. The third kappa shape index (κ3) is 5.88. The molecule has 0 fully saturated rings. The van der Waals surface area contributed by atoms with Gasteiger partial charge in [0.1, 0.15) is 11.8 Å². The topological polar surface area (TPSA) is 97.4 Å².